The van der Waals surface area contributed by atoms with Gasteiger partial charge in [-0.15, -0.1) is 0 Å². The van der Waals surface area contributed by atoms with E-state index in [1.165, 1.54) is 0 Å². The number of aromatic carboxylic acids is 1. The molecule has 54 valence electrons. The molecule has 1 N–H and O–H groups in total. The van der Waals surface area contributed by atoms with Gasteiger partial charge < -0.3 is 5.11 Å². The topological polar surface area (TPSA) is 37.3 Å². The van der Waals surface area contributed by atoms with Crippen LogP contribution in [0.1, 0.15) is 10.4 Å². The minimum absolute atomic E-state index is 0. The average molecular weight is 225 g/mol. The standard InChI is InChI=1S/C7H5BrO2.Na.H/c8-6-4-2-1-3-5(6)7(9)10;;/h1-4H,(H,9,10);;. The number of halogens is 1. The van der Waals surface area contributed by atoms with E-state index >= 15 is 0 Å². The molecule has 0 fully saturated rings. The molecule has 11 heavy (non-hydrogen) atoms. The minimum atomic E-state index is -0.910. The fraction of sp³-hybridized carbons (Fsp3) is 0. The number of hydrogen-bond acceptors (Lipinski definition) is 1. The Morgan fingerprint density at radius 2 is 1.91 bits per heavy atom. The fourth-order valence-electron chi connectivity index (χ4n) is 0.635. The first kappa shape index (κ1) is 11.2. The summed E-state index contributed by atoms with van der Waals surface area (Å²) >= 11 is 3.12. The van der Waals surface area contributed by atoms with Crippen molar-refractivity contribution in [3.8, 4) is 0 Å². The number of carboxylic acid groups (broad SMARTS) is 1. The van der Waals surface area contributed by atoms with Gasteiger partial charge >= 0.3 is 35.5 Å². The number of carboxylic acids is 1. The second-order valence-corrected chi connectivity index (χ2v) is 2.64. The van der Waals surface area contributed by atoms with Crippen molar-refractivity contribution in [1.82, 2.24) is 0 Å². The second kappa shape index (κ2) is 4.93. The van der Waals surface area contributed by atoms with Crippen molar-refractivity contribution in [2.45, 2.75) is 0 Å². The molecule has 0 saturated carbocycles. The Labute approximate surface area is 95.0 Å². The number of carbonyl (C=O) groups is 1. The molecule has 1 aromatic carbocycles. The zero-order valence-electron chi connectivity index (χ0n) is 5.04. The van der Waals surface area contributed by atoms with E-state index in [4.69, 9.17) is 5.11 Å². The predicted octanol–water partition coefficient (Wildman–Crippen LogP) is 1.50. The van der Waals surface area contributed by atoms with Crippen molar-refractivity contribution in [1.29, 1.82) is 0 Å². The van der Waals surface area contributed by atoms with Crippen LogP contribution in [-0.4, -0.2) is 40.6 Å². The van der Waals surface area contributed by atoms with Crippen LogP contribution in [0.2, 0.25) is 0 Å². The summed E-state index contributed by atoms with van der Waals surface area (Å²) in [4.78, 5) is 10.4. The van der Waals surface area contributed by atoms with Crippen molar-refractivity contribution in [3.63, 3.8) is 0 Å². The van der Waals surface area contributed by atoms with Gasteiger partial charge in [-0.1, -0.05) is 12.1 Å². The Morgan fingerprint density at radius 3 is 2.27 bits per heavy atom. The van der Waals surface area contributed by atoms with E-state index < -0.39 is 5.97 Å². The van der Waals surface area contributed by atoms with Crippen molar-refractivity contribution < 1.29 is 9.90 Å². The molecule has 1 aromatic rings. The first-order chi connectivity index (χ1) is 4.72. The van der Waals surface area contributed by atoms with Gasteiger partial charge in [0.05, 0.1) is 5.56 Å². The zero-order valence-corrected chi connectivity index (χ0v) is 6.63. The van der Waals surface area contributed by atoms with Crippen LogP contribution in [0.4, 0.5) is 0 Å². The zero-order chi connectivity index (χ0) is 7.56. The molecule has 0 bridgehead atoms. The molecule has 0 spiro atoms. The van der Waals surface area contributed by atoms with Crippen LogP contribution in [0.25, 0.3) is 0 Å². The van der Waals surface area contributed by atoms with Crippen LogP contribution in [0, 0.1) is 0 Å². The normalized spacial score (nSPS) is 8.45. The SMILES string of the molecule is O=C(O)c1ccccc1Br.[NaH]. The van der Waals surface area contributed by atoms with Gasteiger partial charge in [0.15, 0.2) is 0 Å². The Kier molecular flexibility index (Phi) is 5.01. The number of hydrogen-bond donors (Lipinski definition) is 1. The summed E-state index contributed by atoms with van der Waals surface area (Å²) in [5.41, 5.74) is 0.294. The summed E-state index contributed by atoms with van der Waals surface area (Å²) < 4.78 is 0.613. The molecule has 0 saturated heterocycles. The van der Waals surface area contributed by atoms with Crippen molar-refractivity contribution in [2.24, 2.45) is 0 Å². The molecule has 0 unspecified atom stereocenters. The van der Waals surface area contributed by atoms with Gasteiger partial charge in [0, 0.05) is 4.47 Å². The van der Waals surface area contributed by atoms with Crippen LogP contribution in [0.5, 0.6) is 0 Å². The monoisotopic (exact) mass is 224 g/mol. The van der Waals surface area contributed by atoms with E-state index in [1.54, 1.807) is 24.3 Å². The summed E-state index contributed by atoms with van der Waals surface area (Å²) in [6.45, 7) is 0. The van der Waals surface area contributed by atoms with Gasteiger partial charge in [-0.3, -0.25) is 0 Å². The Bertz CT molecular complexity index is 262. The molecule has 0 radical (unpaired) electrons. The molecule has 0 aromatic heterocycles. The molecule has 0 amide bonds. The Hall–Kier alpha value is 0.170. The van der Waals surface area contributed by atoms with E-state index in [2.05, 4.69) is 15.9 Å². The Balaban J connectivity index is 0.000001000. The molecular formula is C7H6BrNaO2. The number of benzene rings is 1. The van der Waals surface area contributed by atoms with Crippen LogP contribution in [0.3, 0.4) is 0 Å². The summed E-state index contributed by atoms with van der Waals surface area (Å²) in [5.74, 6) is -0.910. The molecule has 4 heteroatoms. The molecule has 2 nitrogen and oxygen atoms in total. The van der Waals surface area contributed by atoms with Gasteiger partial charge in [-0.25, -0.2) is 4.79 Å². The summed E-state index contributed by atoms with van der Waals surface area (Å²) in [5, 5.41) is 8.54. The van der Waals surface area contributed by atoms with E-state index in [0.717, 1.165) is 0 Å². The predicted molar refractivity (Wildman–Crippen MR) is 48.3 cm³/mol. The van der Waals surface area contributed by atoms with E-state index in [-0.39, 0.29) is 29.6 Å². The molecule has 0 aliphatic rings. The second-order valence-electron chi connectivity index (χ2n) is 1.78. The van der Waals surface area contributed by atoms with Gasteiger partial charge in [0.25, 0.3) is 0 Å². The first-order valence-corrected chi connectivity index (χ1v) is 3.49. The quantitative estimate of drug-likeness (QED) is 0.735. The molecule has 0 aliphatic carbocycles. The molecule has 1 rings (SSSR count). The van der Waals surface area contributed by atoms with Crippen LogP contribution in [-0.2, 0) is 0 Å². The number of rotatable bonds is 1. The Morgan fingerprint density at radius 1 is 1.36 bits per heavy atom. The van der Waals surface area contributed by atoms with Crippen molar-refractivity contribution >= 4 is 51.5 Å². The third-order valence-electron chi connectivity index (χ3n) is 1.10. The fourth-order valence-corrected chi connectivity index (χ4v) is 1.09. The van der Waals surface area contributed by atoms with Gasteiger partial charge in [-0.2, -0.15) is 0 Å². The molecule has 0 atom stereocenters. The van der Waals surface area contributed by atoms with Gasteiger partial charge in [0.2, 0.25) is 0 Å². The van der Waals surface area contributed by atoms with E-state index in [9.17, 15) is 4.79 Å². The maximum absolute atomic E-state index is 10.4. The van der Waals surface area contributed by atoms with Crippen molar-refractivity contribution in [3.05, 3.63) is 34.3 Å². The van der Waals surface area contributed by atoms with Crippen molar-refractivity contribution in [2.75, 3.05) is 0 Å². The third-order valence-corrected chi connectivity index (χ3v) is 1.80. The molecule has 0 aliphatic heterocycles. The van der Waals surface area contributed by atoms with Crippen LogP contribution >= 0.6 is 15.9 Å². The van der Waals surface area contributed by atoms with Gasteiger partial charge in [-0.05, 0) is 28.1 Å². The average Bonchev–Trinajstić information content (AvgIpc) is 1.88. The molecule has 0 heterocycles. The van der Waals surface area contributed by atoms with E-state index in [0.29, 0.717) is 10.0 Å². The van der Waals surface area contributed by atoms with Crippen LogP contribution in [0.15, 0.2) is 28.7 Å². The summed E-state index contributed by atoms with van der Waals surface area (Å²) in [7, 11) is 0. The van der Waals surface area contributed by atoms with Gasteiger partial charge in [0.1, 0.15) is 0 Å². The van der Waals surface area contributed by atoms with E-state index in [1.807, 2.05) is 0 Å². The van der Waals surface area contributed by atoms with Crippen LogP contribution < -0.4 is 0 Å². The first-order valence-electron chi connectivity index (χ1n) is 2.69. The third kappa shape index (κ3) is 2.95. The summed E-state index contributed by atoms with van der Waals surface area (Å²) in [6.07, 6.45) is 0. The summed E-state index contributed by atoms with van der Waals surface area (Å²) in [6, 6.07) is 6.71. The maximum atomic E-state index is 10.4. The molecular weight excluding hydrogens is 219 g/mol.